The lowest BCUT2D eigenvalue weighted by Gasteiger charge is -2.24. The molecule has 36 heavy (non-hydrogen) atoms. The van der Waals surface area contributed by atoms with Crippen molar-refractivity contribution in [1.82, 2.24) is 9.29 Å². The zero-order valence-corrected chi connectivity index (χ0v) is 20.9. The number of aromatic nitrogens is 1. The van der Waals surface area contributed by atoms with Crippen LogP contribution >= 0.6 is 0 Å². The van der Waals surface area contributed by atoms with E-state index in [1.54, 1.807) is 12.1 Å². The van der Waals surface area contributed by atoms with Gasteiger partial charge in [0.1, 0.15) is 13.2 Å². The van der Waals surface area contributed by atoms with E-state index in [9.17, 15) is 13.2 Å². The highest BCUT2D eigenvalue weighted by Crippen LogP contribution is 2.33. The Kier molecular flexibility index (Phi) is 6.80. The number of hydrogen-bond donors (Lipinski definition) is 1. The van der Waals surface area contributed by atoms with E-state index in [4.69, 9.17) is 9.47 Å². The average molecular weight is 505 g/mol. The fourth-order valence-corrected chi connectivity index (χ4v) is 5.78. The van der Waals surface area contributed by atoms with Gasteiger partial charge in [0.25, 0.3) is 5.56 Å². The zero-order valence-electron chi connectivity index (χ0n) is 20.1. The summed E-state index contributed by atoms with van der Waals surface area (Å²) in [4.78, 5) is 15.9. The van der Waals surface area contributed by atoms with E-state index < -0.39 is 10.0 Å². The van der Waals surface area contributed by atoms with Crippen molar-refractivity contribution in [3.05, 3.63) is 99.8 Å². The van der Waals surface area contributed by atoms with Gasteiger partial charge in [-0.25, -0.2) is 8.42 Å². The highest BCUT2D eigenvalue weighted by atomic mass is 32.2. The van der Waals surface area contributed by atoms with E-state index in [0.717, 1.165) is 28.5 Å². The van der Waals surface area contributed by atoms with Crippen molar-refractivity contribution < 1.29 is 17.9 Å². The summed E-state index contributed by atoms with van der Waals surface area (Å²) in [6.07, 6.45) is 1.38. The number of aromatic amines is 1. The first-order valence-corrected chi connectivity index (χ1v) is 13.5. The molecular formula is C28H28N2O5S. The summed E-state index contributed by atoms with van der Waals surface area (Å²) in [6, 6.07) is 22.0. The molecule has 0 aliphatic carbocycles. The lowest BCUT2D eigenvalue weighted by Crippen LogP contribution is -2.34. The molecule has 0 saturated carbocycles. The smallest absolute Gasteiger partial charge is 0.252 e. The molecule has 1 aromatic heterocycles. The topological polar surface area (TPSA) is 88.7 Å². The minimum atomic E-state index is -3.94. The number of sulfonamides is 1. The SMILES string of the molecule is CCc1ccc2[nH]c(=O)c(CN(CCc3ccccc3)S(=O)(=O)c3ccc4c(c3)OCCO4)cc2c1. The second-order valence-corrected chi connectivity index (χ2v) is 10.7. The largest absolute Gasteiger partial charge is 0.486 e. The molecule has 0 amide bonds. The standard InChI is InChI=1S/C28H28N2O5S/c1-2-20-8-10-25-22(16-20)17-23(28(31)29-25)19-30(13-12-21-6-4-3-5-7-21)36(32,33)24-9-11-26-27(18-24)35-15-14-34-26/h3-11,16-18H,2,12-15,19H2,1H3,(H,29,31). The maximum atomic E-state index is 13.8. The molecule has 0 bridgehead atoms. The van der Waals surface area contributed by atoms with Gasteiger partial charge in [-0.1, -0.05) is 43.3 Å². The van der Waals surface area contributed by atoms with Crippen LogP contribution in [0.2, 0.25) is 0 Å². The van der Waals surface area contributed by atoms with Crippen LogP contribution in [0.25, 0.3) is 10.9 Å². The predicted octanol–water partition coefficient (Wildman–Crippen LogP) is 4.30. The molecule has 0 spiro atoms. The fourth-order valence-electron chi connectivity index (χ4n) is 4.34. The van der Waals surface area contributed by atoms with E-state index in [1.807, 2.05) is 48.5 Å². The summed E-state index contributed by atoms with van der Waals surface area (Å²) in [5, 5.41) is 0.878. The van der Waals surface area contributed by atoms with Gasteiger partial charge in [-0.15, -0.1) is 0 Å². The first kappa shape index (κ1) is 24.1. The van der Waals surface area contributed by atoms with Gasteiger partial charge in [0, 0.05) is 30.2 Å². The van der Waals surface area contributed by atoms with Crippen molar-refractivity contribution in [2.45, 2.75) is 31.2 Å². The summed E-state index contributed by atoms with van der Waals surface area (Å²) in [5.41, 5.74) is 2.98. The Morgan fingerprint density at radius 3 is 2.44 bits per heavy atom. The van der Waals surface area contributed by atoms with Gasteiger partial charge < -0.3 is 14.5 Å². The van der Waals surface area contributed by atoms with Crippen LogP contribution in [-0.2, 0) is 29.4 Å². The van der Waals surface area contributed by atoms with E-state index in [-0.39, 0.29) is 23.5 Å². The van der Waals surface area contributed by atoms with Crippen LogP contribution < -0.4 is 15.0 Å². The normalized spacial score (nSPS) is 13.3. The van der Waals surface area contributed by atoms with Gasteiger partial charge in [-0.2, -0.15) is 4.31 Å². The molecule has 1 aliphatic rings. The van der Waals surface area contributed by atoms with E-state index >= 15 is 0 Å². The van der Waals surface area contributed by atoms with Crippen molar-refractivity contribution in [3.8, 4) is 11.5 Å². The van der Waals surface area contributed by atoms with Crippen molar-refractivity contribution in [2.24, 2.45) is 0 Å². The molecule has 8 heteroatoms. The molecular weight excluding hydrogens is 476 g/mol. The summed E-state index contributed by atoms with van der Waals surface area (Å²) in [5.74, 6) is 0.926. The van der Waals surface area contributed by atoms with Crippen LogP contribution in [0.4, 0.5) is 0 Å². The molecule has 3 aromatic carbocycles. The third-order valence-corrected chi connectivity index (χ3v) is 8.23. The Morgan fingerprint density at radius 1 is 0.889 bits per heavy atom. The molecule has 0 unspecified atom stereocenters. The number of nitrogens with zero attached hydrogens (tertiary/aromatic N) is 1. The van der Waals surface area contributed by atoms with Crippen LogP contribution in [-0.4, -0.2) is 37.5 Å². The maximum absolute atomic E-state index is 13.8. The van der Waals surface area contributed by atoms with E-state index in [2.05, 4.69) is 11.9 Å². The maximum Gasteiger partial charge on any atom is 0.252 e. The van der Waals surface area contributed by atoms with Gasteiger partial charge in [-0.3, -0.25) is 4.79 Å². The quantitative estimate of drug-likeness (QED) is 0.387. The first-order chi connectivity index (χ1) is 17.4. The number of hydrogen-bond acceptors (Lipinski definition) is 5. The van der Waals surface area contributed by atoms with Gasteiger partial charge in [0.05, 0.1) is 4.90 Å². The highest BCUT2D eigenvalue weighted by molar-refractivity contribution is 7.89. The number of rotatable bonds is 8. The van der Waals surface area contributed by atoms with E-state index in [0.29, 0.717) is 36.7 Å². The molecule has 0 fully saturated rings. The Labute approximate surface area is 210 Å². The molecule has 1 aliphatic heterocycles. The monoisotopic (exact) mass is 504 g/mol. The summed E-state index contributed by atoms with van der Waals surface area (Å²) in [6.45, 7) is 3.02. The van der Waals surface area contributed by atoms with Gasteiger partial charge >= 0.3 is 0 Å². The Hall–Kier alpha value is -3.62. The van der Waals surface area contributed by atoms with Crippen molar-refractivity contribution in [1.29, 1.82) is 0 Å². The lowest BCUT2D eigenvalue weighted by molar-refractivity contribution is 0.171. The summed E-state index contributed by atoms with van der Waals surface area (Å²) < 4.78 is 40.2. The molecule has 0 saturated heterocycles. The second-order valence-electron chi connectivity index (χ2n) is 8.78. The number of pyridine rings is 1. The second kappa shape index (κ2) is 10.2. The molecule has 1 N–H and O–H groups in total. The fraction of sp³-hybridized carbons (Fsp3) is 0.250. The van der Waals surface area contributed by atoms with Gasteiger partial charge in [0.2, 0.25) is 10.0 Å². The lowest BCUT2D eigenvalue weighted by atomic mass is 10.1. The molecule has 186 valence electrons. The van der Waals surface area contributed by atoms with E-state index in [1.165, 1.54) is 16.4 Å². The number of H-pyrrole nitrogens is 1. The number of nitrogens with one attached hydrogen (secondary N) is 1. The first-order valence-electron chi connectivity index (χ1n) is 12.0. The third-order valence-electron chi connectivity index (χ3n) is 6.38. The Morgan fingerprint density at radius 2 is 1.67 bits per heavy atom. The van der Waals surface area contributed by atoms with Crippen LogP contribution in [0.1, 0.15) is 23.6 Å². The predicted molar refractivity (Wildman–Crippen MR) is 139 cm³/mol. The highest BCUT2D eigenvalue weighted by Gasteiger charge is 2.27. The third kappa shape index (κ3) is 5.01. The Bertz CT molecular complexity index is 1550. The number of ether oxygens (including phenoxy) is 2. The molecule has 4 aromatic rings. The van der Waals surface area contributed by atoms with Crippen molar-refractivity contribution >= 4 is 20.9 Å². The Balaban J connectivity index is 1.52. The number of aryl methyl sites for hydroxylation is 1. The van der Waals surface area contributed by atoms with Crippen molar-refractivity contribution in [3.63, 3.8) is 0 Å². The number of benzene rings is 3. The van der Waals surface area contributed by atoms with Crippen LogP contribution in [0, 0.1) is 0 Å². The summed E-state index contributed by atoms with van der Waals surface area (Å²) in [7, 11) is -3.94. The van der Waals surface area contributed by atoms with Crippen molar-refractivity contribution in [2.75, 3.05) is 19.8 Å². The summed E-state index contributed by atoms with van der Waals surface area (Å²) >= 11 is 0. The molecule has 0 atom stereocenters. The minimum absolute atomic E-state index is 0.0504. The molecule has 7 nitrogen and oxygen atoms in total. The van der Waals surface area contributed by atoms with Crippen LogP contribution in [0.15, 0.2) is 82.5 Å². The minimum Gasteiger partial charge on any atom is -0.486 e. The van der Waals surface area contributed by atoms with Crippen LogP contribution in [0.5, 0.6) is 11.5 Å². The van der Waals surface area contributed by atoms with Gasteiger partial charge in [-0.05, 0) is 59.7 Å². The molecule has 2 heterocycles. The molecule has 0 radical (unpaired) electrons. The number of fused-ring (bicyclic) bond motifs is 2. The average Bonchev–Trinajstić information content (AvgIpc) is 2.91. The zero-order chi connectivity index (χ0) is 25.1. The molecule has 5 rings (SSSR count). The van der Waals surface area contributed by atoms with Gasteiger partial charge in [0.15, 0.2) is 11.5 Å². The van der Waals surface area contributed by atoms with Crippen LogP contribution in [0.3, 0.4) is 0 Å².